The molecule has 0 N–H and O–H groups in total. The standard InChI is InChI=1S/C18H18N2O6/c1-11(19-16(21)14-4-2-3-5-15(14)17(19)22)18(23)26-10-12-6-8-13(9-7-12)20(24)25/h2-3,6-9,11,14-15H,4-5,10H2,1H3/t11-,14+,15+/m0/s1. The van der Waals surface area contributed by atoms with Gasteiger partial charge in [-0.05, 0) is 37.5 Å². The Morgan fingerprint density at radius 3 is 2.23 bits per heavy atom. The number of carbonyl (C=O) groups excluding carboxylic acids is 3. The molecule has 0 unspecified atom stereocenters. The highest BCUT2D eigenvalue weighted by molar-refractivity contribution is 6.08. The zero-order valence-corrected chi connectivity index (χ0v) is 14.2. The van der Waals surface area contributed by atoms with Gasteiger partial charge in [-0.3, -0.25) is 24.6 Å². The van der Waals surface area contributed by atoms with Crippen LogP contribution in [0.5, 0.6) is 0 Å². The number of nitro benzene ring substituents is 1. The van der Waals surface area contributed by atoms with E-state index in [9.17, 15) is 24.5 Å². The number of hydrogen-bond donors (Lipinski definition) is 0. The third-order valence-electron chi connectivity index (χ3n) is 4.80. The predicted octanol–water partition coefficient (Wildman–Crippen LogP) is 1.98. The Bertz CT molecular complexity index is 759. The molecule has 1 aromatic rings. The molecule has 1 saturated heterocycles. The number of likely N-dealkylation sites (tertiary alicyclic amines) is 1. The lowest BCUT2D eigenvalue weighted by molar-refractivity contribution is -0.384. The molecule has 2 amide bonds. The monoisotopic (exact) mass is 358 g/mol. The second kappa shape index (κ2) is 7.07. The number of amides is 2. The van der Waals surface area contributed by atoms with Gasteiger partial charge < -0.3 is 4.74 Å². The van der Waals surface area contributed by atoms with Crippen LogP contribution in [-0.4, -0.2) is 33.6 Å². The largest absolute Gasteiger partial charge is 0.459 e. The molecule has 0 bridgehead atoms. The summed E-state index contributed by atoms with van der Waals surface area (Å²) in [6, 6.07) is 4.61. The normalized spacial score (nSPS) is 22.9. The van der Waals surface area contributed by atoms with Crippen molar-refractivity contribution in [2.45, 2.75) is 32.4 Å². The Morgan fingerprint density at radius 2 is 1.73 bits per heavy atom. The molecule has 2 aliphatic rings. The molecule has 1 heterocycles. The van der Waals surface area contributed by atoms with Crippen LogP contribution >= 0.6 is 0 Å². The number of imide groups is 1. The van der Waals surface area contributed by atoms with Crippen molar-refractivity contribution in [3.63, 3.8) is 0 Å². The van der Waals surface area contributed by atoms with Gasteiger partial charge in [0.2, 0.25) is 11.8 Å². The molecule has 0 radical (unpaired) electrons. The molecule has 8 heteroatoms. The minimum Gasteiger partial charge on any atom is -0.459 e. The van der Waals surface area contributed by atoms with Crippen LogP contribution in [0.1, 0.15) is 25.3 Å². The lowest BCUT2D eigenvalue weighted by Gasteiger charge is -2.21. The van der Waals surface area contributed by atoms with Crippen molar-refractivity contribution in [2.24, 2.45) is 11.8 Å². The Labute approximate surface area is 149 Å². The molecule has 3 atom stereocenters. The van der Waals surface area contributed by atoms with Gasteiger partial charge in [0.1, 0.15) is 12.6 Å². The van der Waals surface area contributed by atoms with Gasteiger partial charge in [-0.15, -0.1) is 0 Å². The van der Waals surface area contributed by atoms with Crippen molar-refractivity contribution < 1.29 is 24.0 Å². The first-order chi connectivity index (χ1) is 12.4. The fourth-order valence-electron chi connectivity index (χ4n) is 3.30. The summed E-state index contributed by atoms with van der Waals surface area (Å²) in [6.07, 6.45) is 4.79. The fourth-order valence-corrected chi connectivity index (χ4v) is 3.30. The van der Waals surface area contributed by atoms with Crippen LogP contribution in [0.3, 0.4) is 0 Å². The van der Waals surface area contributed by atoms with Gasteiger partial charge in [0.25, 0.3) is 5.69 Å². The van der Waals surface area contributed by atoms with Crippen LogP contribution in [0, 0.1) is 22.0 Å². The lowest BCUT2D eigenvalue weighted by atomic mass is 9.85. The SMILES string of the molecule is C[C@@H](C(=O)OCc1ccc([N+](=O)[O-])cc1)N1C(=O)[C@@H]2CC=CC[C@H]2C1=O. The molecule has 0 spiro atoms. The molecule has 1 aliphatic heterocycles. The maximum atomic E-state index is 12.5. The van der Waals surface area contributed by atoms with Crippen molar-refractivity contribution in [2.75, 3.05) is 0 Å². The summed E-state index contributed by atoms with van der Waals surface area (Å²) in [5.41, 5.74) is 0.519. The number of fused-ring (bicyclic) bond motifs is 1. The molecule has 0 saturated carbocycles. The molecule has 1 fully saturated rings. The Hall–Kier alpha value is -3.03. The second-order valence-electron chi connectivity index (χ2n) is 6.41. The molecule has 136 valence electrons. The zero-order valence-electron chi connectivity index (χ0n) is 14.2. The van der Waals surface area contributed by atoms with Crippen LogP contribution < -0.4 is 0 Å². The maximum absolute atomic E-state index is 12.5. The van der Waals surface area contributed by atoms with E-state index in [0.717, 1.165) is 4.90 Å². The van der Waals surface area contributed by atoms with E-state index < -0.39 is 28.8 Å². The summed E-state index contributed by atoms with van der Waals surface area (Å²) in [5.74, 6) is -2.13. The number of carbonyl (C=O) groups is 3. The van der Waals surface area contributed by atoms with E-state index in [1.54, 1.807) is 0 Å². The minimum atomic E-state index is -1.00. The smallest absolute Gasteiger partial charge is 0.329 e. The quantitative estimate of drug-likeness (QED) is 0.262. The number of ether oxygens (including phenoxy) is 1. The van der Waals surface area contributed by atoms with Gasteiger partial charge in [-0.1, -0.05) is 12.2 Å². The van der Waals surface area contributed by atoms with Gasteiger partial charge in [-0.25, -0.2) is 4.79 Å². The number of nitrogens with zero attached hydrogens (tertiary/aromatic N) is 2. The molecular weight excluding hydrogens is 340 g/mol. The van der Waals surface area contributed by atoms with Gasteiger partial charge in [0.05, 0.1) is 16.8 Å². The summed E-state index contributed by atoms with van der Waals surface area (Å²) in [6.45, 7) is 1.38. The average molecular weight is 358 g/mol. The first-order valence-corrected chi connectivity index (χ1v) is 8.32. The van der Waals surface area contributed by atoms with Gasteiger partial charge in [0, 0.05) is 12.1 Å². The van der Waals surface area contributed by atoms with Crippen LogP contribution in [-0.2, 0) is 25.7 Å². The van der Waals surface area contributed by atoms with E-state index >= 15 is 0 Å². The van der Waals surface area contributed by atoms with Gasteiger partial charge in [0.15, 0.2) is 0 Å². The fraction of sp³-hybridized carbons (Fsp3) is 0.389. The van der Waals surface area contributed by atoms with E-state index in [4.69, 9.17) is 4.74 Å². The van der Waals surface area contributed by atoms with Crippen LogP contribution in [0.2, 0.25) is 0 Å². The number of nitro groups is 1. The van der Waals surface area contributed by atoms with Crippen molar-refractivity contribution in [3.8, 4) is 0 Å². The van der Waals surface area contributed by atoms with Crippen molar-refractivity contribution >= 4 is 23.5 Å². The Kier molecular flexibility index (Phi) is 4.83. The molecule has 0 aromatic heterocycles. The van der Waals surface area contributed by atoms with E-state index in [-0.39, 0.29) is 24.1 Å². The number of benzene rings is 1. The minimum absolute atomic E-state index is 0.0575. The highest BCUT2D eigenvalue weighted by atomic mass is 16.6. The third-order valence-corrected chi connectivity index (χ3v) is 4.80. The maximum Gasteiger partial charge on any atom is 0.329 e. The molecular formula is C18H18N2O6. The molecule has 8 nitrogen and oxygen atoms in total. The van der Waals surface area contributed by atoms with E-state index in [0.29, 0.717) is 18.4 Å². The summed E-state index contributed by atoms with van der Waals surface area (Å²) in [4.78, 5) is 48.4. The Balaban J connectivity index is 1.62. The summed E-state index contributed by atoms with van der Waals surface area (Å²) in [7, 11) is 0. The lowest BCUT2D eigenvalue weighted by Crippen LogP contribution is -2.44. The molecule has 3 rings (SSSR count). The first-order valence-electron chi connectivity index (χ1n) is 8.32. The summed E-state index contributed by atoms with van der Waals surface area (Å²) < 4.78 is 5.18. The number of non-ortho nitro benzene ring substituents is 1. The molecule has 26 heavy (non-hydrogen) atoms. The predicted molar refractivity (Wildman–Crippen MR) is 89.6 cm³/mol. The average Bonchev–Trinajstić information content (AvgIpc) is 2.90. The van der Waals surface area contributed by atoms with E-state index in [2.05, 4.69) is 0 Å². The van der Waals surface area contributed by atoms with Crippen LogP contribution in [0.25, 0.3) is 0 Å². The number of hydrogen-bond acceptors (Lipinski definition) is 6. The van der Waals surface area contributed by atoms with Crippen LogP contribution in [0.15, 0.2) is 36.4 Å². The van der Waals surface area contributed by atoms with Crippen LogP contribution in [0.4, 0.5) is 5.69 Å². The second-order valence-corrected chi connectivity index (χ2v) is 6.41. The van der Waals surface area contributed by atoms with E-state index in [1.165, 1.54) is 31.2 Å². The third kappa shape index (κ3) is 3.22. The van der Waals surface area contributed by atoms with Gasteiger partial charge in [-0.2, -0.15) is 0 Å². The summed E-state index contributed by atoms with van der Waals surface area (Å²) >= 11 is 0. The van der Waals surface area contributed by atoms with Gasteiger partial charge >= 0.3 is 5.97 Å². The van der Waals surface area contributed by atoms with Crippen molar-refractivity contribution in [1.82, 2.24) is 4.90 Å². The molecule has 1 aliphatic carbocycles. The van der Waals surface area contributed by atoms with Crippen molar-refractivity contribution in [3.05, 3.63) is 52.1 Å². The van der Waals surface area contributed by atoms with Crippen molar-refractivity contribution in [1.29, 1.82) is 0 Å². The zero-order chi connectivity index (χ0) is 18.8. The highest BCUT2D eigenvalue weighted by Gasteiger charge is 2.50. The van der Waals surface area contributed by atoms with E-state index in [1.807, 2.05) is 12.2 Å². The Morgan fingerprint density at radius 1 is 1.19 bits per heavy atom. The number of rotatable bonds is 5. The highest BCUT2D eigenvalue weighted by Crippen LogP contribution is 2.36. The molecule has 1 aromatic carbocycles. The first kappa shape index (κ1) is 17.8. The summed E-state index contributed by atoms with van der Waals surface area (Å²) in [5, 5.41) is 10.6. The number of esters is 1. The number of allylic oxidation sites excluding steroid dienone is 2. The topological polar surface area (TPSA) is 107 Å².